The van der Waals surface area contributed by atoms with Crippen LogP contribution in [0.15, 0.2) is 48.0 Å². The number of piperidine rings is 1. The summed E-state index contributed by atoms with van der Waals surface area (Å²) in [6, 6.07) is 12.3. The minimum atomic E-state index is -0.245. The van der Waals surface area contributed by atoms with Crippen LogP contribution in [0.5, 0.6) is 0 Å². The van der Waals surface area contributed by atoms with E-state index in [0.29, 0.717) is 0 Å². The standard InChI is InChI=1S/C18H19NO2S/c20-18(19-10-2-1-3-11-19)21-12-9-15-6-4-7-16(14-15)17-8-5-13-22-17/h4-9,12-14H,1-3,10-11H2. The molecular formula is C18H19NO2S. The first-order chi connectivity index (χ1) is 10.8. The van der Waals surface area contributed by atoms with Crippen LogP contribution in [0, 0.1) is 0 Å². The largest absolute Gasteiger partial charge is 0.418 e. The Kier molecular flexibility index (Phi) is 4.91. The highest BCUT2D eigenvalue weighted by Crippen LogP contribution is 2.25. The molecule has 1 aliphatic rings. The van der Waals surface area contributed by atoms with Crippen molar-refractivity contribution in [1.82, 2.24) is 4.90 Å². The first-order valence-corrected chi connectivity index (χ1v) is 8.47. The van der Waals surface area contributed by atoms with Crippen LogP contribution < -0.4 is 0 Å². The fourth-order valence-electron chi connectivity index (χ4n) is 2.56. The predicted octanol–water partition coefficient (Wildman–Crippen LogP) is 5.01. The second kappa shape index (κ2) is 7.27. The second-order valence-corrected chi connectivity index (χ2v) is 6.28. The van der Waals surface area contributed by atoms with E-state index < -0.39 is 0 Å². The molecule has 1 saturated heterocycles. The van der Waals surface area contributed by atoms with Crippen molar-refractivity contribution in [3.63, 3.8) is 0 Å². The number of thiophene rings is 1. The van der Waals surface area contributed by atoms with Gasteiger partial charge in [0, 0.05) is 18.0 Å². The monoisotopic (exact) mass is 313 g/mol. The summed E-state index contributed by atoms with van der Waals surface area (Å²) in [7, 11) is 0. The quantitative estimate of drug-likeness (QED) is 0.746. The van der Waals surface area contributed by atoms with Crippen LogP contribution in [0.2, 0.25) is 0 Å². The van der Waals surface area contributed by atoms with Gasteiger partial charge in [-0.2, -0.15) is 0 Å². The summed E-state index contributed by atoms with van der Waals surface area (Å²) in [4.78, 5) is 14.9. The lowest BCUT2D eigenvalue weighted by Gasteiger charge is -2.24. The van der Waals surface area contributed by atoms with Crippen molar-refractivity contribution < 1.29 is 9.53 Å². The van der Waals surface area contributed by atoms with E-state index in [0.717, 1.165) is 31.5 Å². The molecule has 3 nitrogen and oxygen atoms in total. The Hall–Kier alpha value is -2.07. The minimum Gasteiger partial charge on any atom is -0.418 e. The van der Waals surface area contributed by atoms with E-state index in [4.69, 9.17) is 4.74 Å². The van der Waals surface area contributed by atoms with E-state index in [9.17, 15) is 4.79 Å². The highest BCUT2D eigenvalue weighted by atomic mass is 32.1. The smallest absolute Gasteiger partial charge is 0.414 e. The third kappa shape index (κ3) is 3.77. The number of hydrogen-bond donors (Lipinski definition) is 0. The zero-order chi connectivity index (χ0) is 15.2. The predicted molar refractivity (Wildman–Crippen MR) is 90.7 cm³/mol. The number of nitrogens with zero attached hydrogens (tertiary/aromatic N) is 1. The van der Waals surface area contributed by atoms with Gasteiger partial charge in [0.2, 0.25) is 0 Å². The Labute approximate surface area is 134 Å². The maximum Gasteiger partial charge on any atom is 0.414 e. The summed E-state index contributed by atoms with van der Waals surface area (Å²) < 4.78 is 5.23. The molecule has 0 saturated carbocycles. The van der Waals surface area contributed by atoms with Crippen molar-refractivity contribution in [2.75, 3.05) is 13.1 Å². The molecule has 2 heterocycles. The average Bonchev–Trinajstić information content (AvgIpc) is 3.10. The molecule has 0 spiro atoms. The van der Waals surface area contributed by atoms with Gasteiger partial charge in [0.15, 0.2) is 0 Å². The third-order valence-corrected chi connectivity index (χ3v) is 4.65. The number of hydrogen-bond acceptors (Lipinski definition) is 3. The lowest BCUT2D eigenvalue weighted by Crippen LogP contribution is -2.35. The zero-order valence-corrected chi connectivity index (χ0v) is 13.2. The van der Waals surface area contributed by atoms with Crippen LogP contribution in [-0.2, 0) is 4.74 Å². The number of benzene rings is 1. The summed E-state index contributed by atoms with van der Waals surface area (Å²) in [5, 5.41) is 2.07. The van der Waals surface area contributed by atoms with Crippen LogP contribution in [0.3, 0.4) is 0 Å². The molecule has 3 rings (SSSR count). The van der Waals surface area contributed by atoms with Crippen LogP contribution in [0.1, 0.15) is 24.8 Å². The number of carbonyl (C=O) groups is 1. The third-order valence-electron chi connectivity index (χ3n) is 3.74. The van der Waals surface area contributed by atoms with Crippen molar-refractivity contribution in [2.45, 2.75) is 19.3 Å². The van der Waals surface area contributed by atoms with Crippen molar-refractivity contribution in [2.24, 2.45) is 0 Å². The Balaban J connectivity index is 1.60. The average molecular weight is 313 g/mol. The maximum absolute atomic E-state index is 11.9. The van der Waals surface area contributed by atoms with Crippen molar-refractivity contribution in [1.29, 1.82) is 0 Å². The SMILES string of the molecule is O=C(OC=Cc1cccc(-c2cccs2)c1)N1CCCCC1. The van der Waals surface area contributed by atoms with E-state index in [1.807, 2.05) is 24.3 Å². The molecule has 0 unspecified atom stereocenters. The highest BCUT2D eigenvalue weighted by molar-refractivity contribution is 7.13. The molecule has 114 valence electrons. The molecule has 1 aliphatic heterocycles. The minimum absolute atomic E-state index is 0.245. The van der Waals surface area contributed by atoms with Gasteiger partial charge >= 0.3 is 6.09 Å². The van der Waals surface area contributed by atoms with Gasteiger partial charge in [0.05, 0.1) is 6.26 Å². The second-order valence-electron chi connectivity index (χ2n) is 5.34. The van der Waals surface area contributed by atoms with Crippen LogP contribution >= 0.6 is 11.3 Å². The molecule has 0 atom stereocenters. The lowest BCUT2D eigenvalue weighted by atomic mass is 10.1. The van der Waals surface area contributed by atoms with Gasteiger partial charge in [-0.05, 0) is 54.0 Å². The normalized spacial score (nSPS) is 15.2. The number of rotatable bonds is 3. The van der Waals surface area contributed by atoms with E-state index >= 15 is 0 Å². The Bertz CT molecular complexity index is 643. The Morgan fingerprint density at radius 3 is 2.77 bits per heavy atom. The first-order valence-electron chi connectivity index (χ1n) is 7.59. The van der Waals surface area contributed by atoms with Gasteiger partial charge < -0.3 is 9.64 Å². The fraction of sp³-hybridized carbons (Fsp3) is 0.278. The lowest BCUT2D eigenvalue weighted by molar-refractivity contribution is 0.128. The Morgan fingerprint density at radius 2 is 2.00 bits per heavy atom. The summed E-state index contributed by atoms with van der Waals surface area (Å²) in [5.74, 6) is 0. The first kappa shape index (κ1) is 14.9. The maximum atomic E-state index is 11.9. The van der Waals surface area contributed by atoms with Crippen molar-refractivity contribution in [3.8, 4) is 10.4 Å². The summed E-state index contributed by atoms with van der Waals surface area (Å²) >= 11 is 1.72. The van der Waals surface area contributed by atoms with Gasteiger partial charge in [0.25, 0.3) is 0 Å². The molecule has 1 aromatic carbocycles. The van der Waals surface area contributed by atoms with E-state index in [1.165, 1.54) is 23.1 Å². The van der Waals surface area contributed by atoms with Gasteiger partial charge in [-0.25, -0.2) is 4.79 Å². The van der Waals surface area contributed by atoms with Crippen LogP contribution in [-0.4, -0.2) is 24.1 Å². The molecule has 0 bridgehead atoms. The van der Waals surface area contributed by atoms with Gasteiger partial charge in [-0.1, -0.05) is 24.3 Å². The number of amides is 1. The summed E-state index contributed by atoms with van der Waals surface area (Å²) in [6.45, 7) is 1.61. The van der Waals surface area contributed by atoms with Gasteiger partial charge in [-0.3, -0.25) is 0 Å². The summed E-state index contributed by atoms with van der Waals surface area (Å²) in [5.41, 5.74) is 2.21. The molecule has 0 N–H and O–H groups in total. The molecule has 2 aromatic rings. The Morgan fingerprint density at radius 1 is 1.14 bits per heavy atom. The topological polar surface area (TPSA) is 29.5 Å². The molecular weight excluding hydrogens is 294 g/mol. The number of likely N-dealkylation sites (tertiary alicyclic amines) is 1. The van der Waals surface area contributed by atoms with Gasteiger partial charge in [-0.15, -0.1) is 11.3 Å². The van der Waals surface area contributed by atoms with Crippen LogP contribution in [0.4, 0.5) is 4.79 Å². The molecule has 1 aromatic heterocycles. The number of ether oxygens (including phenoxy) is 1. The molecule has 0 aliphatic carbocycles. The highest BCUT2D eigenvalue weighted by Gasteiger charge is 2.16. The van der Waals surface area contributed by atoms with Crippen molar-refractivity contribution in [3.05, 3.63) is 53.6 Å². The van der Waals surface area contributed by atoms with E-state index in [-0.39, 0.29) is 6.09 Å². The number of carbonyl (C=O) groups excluding carboxylic acids is 1. The summed E-state index contributed by atoms with van der Waals surface area (Å²) in [6.07, 6.45) is 6.42. The molecule has 0 radical (unpaired) electrons. The molecule has 4 heteroatoms. The van der Waals surface area contributed by atoms with Crippen LogP contribution in [0.25, 0.3) is 16.5 Å². The van der Waals surface area contributed by atoms with E-state index in [1.54, 1.807) is 16.2 Å². The molecule has 1 amide bonds. The fourth-order valence-corrected chi connectivity index (χ4v) is 3.28. The van der Waals surface area contributed by atoms with Gasteiger partial charge in [0.1, 0.15) is 0 Å². The van der Waals surface area contributed by atoms with E-state index in [2.05, 4.69) is 23.6 Å². The zero-order valence-electron chi connectivity index (χ0n) is 12.4. The van der Waals surface area contributed by atoms with Crippen molar-refractivity contribution >= 4 is 23.5 Å². The molecule has 1 fully saturated rings. The molecule has 22 heavy (non-hydrogen) atoms.